The molecule has 1 amide bonds. The third-order valence-electron chi connectivity index (χ3n) is 4.83. The van der Waals surface area contributed by atoms with Gasteiger partial charge in [-0.2, -0.15) is 0 Å². The van der Waals surface area contributed by atoms with E-state index in [0.717, 1.165) is 19.3 Å². The van der Waals surface area contributed by atoms with Gasteiger partial charge in [0, 0.05) is 25.0 Å². The van der Waals surface area contributed by atoms with Crippen molar-refractivity contribution in [3.63, 3.8) is 0 Å². The van der Waals surface area contributed by atoms with E-state index in [1.165, 1.54) is 12.1 Å². The Hall–Kier alpha value is -1.47. The Labute approximate surface area is 150 Å². The number of amides is 1. The van der Waals surface area contributed by atoms with Crippen LogP contribution in [0.3, 0.4) is 0 Å². The highest BCUT2D eigenvalue weighted by molar-refractivity contribution is 5.85. The molecule has 4 nitrogen and oxygen atoms in total. The lowest BCUT2D eigenvalue weighted by molar-refractivity contribution is -0.274. The summed E-state index contributed by atoms with van der Waals surface area (Å²) in [4.78, 5) is 14.5. The SMILES string of the molecule is Cl.NCC1CCCCN1C(=O)C1CC1c1ccccc1OC(F)(F)F. The van der Waals surface area contributed by atoms with E-state index in [9.17, 15) is 18.0 Å². The minimum absolute atomic E-state index is 0. The van der Waals surface area contributed by atoms with Gasteiger partial charge in [0.05, 0.1) is 0 Å². The van der Waals surface area contributed by atoms with Crippen molar-refractivity contribution in [1.82, 2.24) is 4.90 Å². The van der Waals surface area contributed by atoms with Gasteiger partial charge in [0.15, 0.2) is 0 Å². The van der Waals surface area contributed by atoms with Crippen LogP contribution in [-0.2, 0) is 4.79 Å². The van der Waals surface area contributed by atoms with Crippen LogP contribution in [0.25, 0.3) is 0 Å². The van der Waals surface area contributed by atoms with Gasteiger partial charge in [-0.05, 0) is 43.2 Å². The molecule has 0 bridgehead atoms. The summed E-state index contributed by atoms with van der Waals surface area (Å²) in [6, 6.07) is 6.12. The first-order valence-electron chi connectivity index (χ1n) is 8.26. The standard InChI is InChI=1S/C17H21F3N2O2.ClH/c18-17(19,20)24-15-7-2-1-6-12(15)13-9-14(13)16(23)22-8-4-3-5-11(22)10-21;/h1-2,6-7,11,13-14H,3-5,8-10,21H2;1H. The van der Waals surface area contributed by atoms with Gasteiger partial charge in [-0.25, -0.2) is 0 Å². The van der Waals surface area contributed by atoms with E-state index >= 15 is 0 Å². The van der Waals surface area contributed by atoms with Crippen LogP contribution in [0.2, 0.25) is 0 Å². The van der Waals surface area contributed by atoms with Crippen LogP contribution in [0.1, 0.15) is 37.2 Å². The number of hydrogen-bond acceptors (Lipinski definition) is 3. The van der Waals surface area contributed by atoms with Gasteiger partial charge >= 0.3 is 6.36 Å². The molecule has 140 valence electrons. The van der Waals surface area contributed by atoms with Gasteiger partial charge < -0.3 is 15.4 Å². The van der Waals surface area contributed by atoms with Crippen molar-refractivity contribution in [3.8, 4) is 5.75 Å². The fourth-order valence-electron chi connectivity index (χ4n) is 3.56. The first kappa shape index (κ1) is 19.8. The molecule has 8 heteroatoms. The quantitative estimate of drug-likeness (QED) is 0.873. The second-order valence-electron chi connectivity index (χ2n) is 6.45. The van der Waals surface area contributed by atoms with Crippen LogP contribution < -0.4 is 10.5 Å². The van der Waals surface area contributed by atoms with Gasteiger partial charge in [-0.3, -0.25) is 4.79 Å². The molecular weight excluding hydrogens is 357 g/mol. The van der Waals surface area contributed by atoms with Crippen molar-refractivity contribution in [2.45, 2.75) is 44.0 Å². The second kappa shape index (κ2) is 7.83. The van der Waals surface area contributed by atoms with E-state index in [4.69, 9.17) is 5.73 Å². The van der Waals surface area contributed by atoms with E-state index in [0.29, 0.717) is 25.1 Å². The Morgan fingerprint density at radius 3 is 2.68 bits per heavy atom. The molecule has 1 heterocycles. The maximum absolute atomic E-state index is 12.7. The summed E-state index contributed by atoms with van der Waals surface area (Å²) in [5.74, 6) is -0.678. The Morgan fingerprint density at radius 1 is 1.28 bits per heavy atom. The number of halogens is 4. The van der Waals surface area contributed by atoms with Crippen LogP contribution in [0, 0.1) is 5.92 Å². The molecule has 0 aromatic heterocycles. The number of benzene rings is 1. The number of carbonyl (C=O) groups is 1. The average Bonchev–Trinajstić information content (AvgIpc) is 3.33. The Balaban J connectivity index is 0.00000225. The summed E-state index contributed by atoms with van der Waals surface area (Å²) in [6.45, 7) is 1.11. The third-order valence-corrected chi connectivity index (χ3v) is 4.83. The first-order chi connectivity index (χ1) is 11.4. The molecule has 25 heavy (non-hydrogen) atoms. The normalized spacial score (nSPS) is 25.9. The molecule has 1 aromatic carbocycles. The molecule has 1 saturated carbocycles. The number of alkyl halides is 3. The minimum Gasteiger partial charge on any atom is -0.405 e. The summed E-state index contributed by atoms with van der Waals surface area (Å²) in [5, 5.41) is 0. The van der Waals surface area contributed by atoms with E-state index in [1.807, 2.05) is 4.90 Å². The number of piperidine rings is 1. The number of likely N-dealkylation sites (tertiary alicyclic amines) is 1. The van der Waals surface area contributed by atoms with Gasteiger partial charge in [-0.1, -0.05) is 18.2 Å². The largest absolute Gasteiger partial charge is 0.573 e. The summed E-state index contributed by atoms with van der Waals surface area (Å²) in [5.41, 5.74) is 6.21. The molecule has 3 atom stereocenters. The van der Waals surface area contributed by atoms with Crippen molar-refractivity contribution < 1.29 is 22.7 Å². The Morgan fingerprint density at radius 2 is 2.00 bits per heavy atom. The molecule has 0 spiro atoms. The van der Waals surface area contributed by atoms with Gasteiger partial charge in [0.2, 0.25) is 5.91 Å². The van der Waals surface area contributed by atoms with Crippen molar-refractivity contribution in [3.05, 3.63) is 29.8 Å². The lowest BCUT2D eigenvalue weighted by atomic mass is 10.0. The smallest absolute Gasteiger partial charge is 0.405 e. The zero-order valence-electron chi connectivity index (χ0n) is 13.7. The number of hydrogen-bond donors (Lipinski definition) is 1. The van der Waals surface area contributed by atoms with Crippen LogP contribution in [0.5, 0.6) is 5.75 Å². The molecule has 1 aliphatic heterocycles. The lowest BCUT2D eigenvalue weighted by Gasteiger charge is -2.35. The van der Waals surface area contributed by atoms with Crippen LogP contribution >= 0.6 is 12.4 Å². The summed E-state index contributed by atoms with van der Waals surface area (Å²) < 4.78 is 41.7. The fourth-order valence-corrected chi connectivity index (χ4v) is 3.56. The maximum Gasteiger partial charge on any atom is 0.573 e. The topological polar surface area (TPSA) is 55.6 Å². The zero-order chi connectivity index (χ0) is 17.3. The highest BCUT2D eigenvalue weighted by Gasteiger charge is 2.48. The van der Waals surface area contributed by atoms with Crippen molar-refractivity contribution in [2.24, 2.45) is 11.7 Å². The van der Waals surface area contributed by atoms with E-state index in [2.05, 4.69) is 4.74 Å². The monoisotopic (exact) mass is 378 g/mol. The van der Waals surface area contributed by atoms with Gasteiger partial charge in [0.1, 0.15) is 5.75 Å². The van der Waals surface area contributed by atoms with E-state index in [-0.39, 0.29) is 41.9 Å². The highest BCUT2D eigenvalue weighted by atomic mass is 35.5. The highest BCUT2D eigenvalue weighted by Crippen LogP contribution is 2.52. The molecule has 1 aromatic rings. The number of rotatable bonds is 4. The van der Waals surface area contributed by atoms with Crippen LogP contribution in [0.15, 0.2) is 24.3 Å². The van der Waals surface area contributed by atoms with Crippen LogP contribution in [-0.4, -0.2) is 36.3 Å². The van der Waals surface area contributed by atoms with E-state index < -0.39 is 6.36 Å². The third kappa shape index (κ3) is 4.58. The molecule has 1 aliphatic carbocycles. The number of nitrogens with zero attached hydrogens (tertiary/aromatic N) is 1. The van der Waals surface area contributed by atoms with Crippen LogP contribution in [0.4, 0.5) is 13.2 Å². The molecule has 3 unspecified atom stereocenters. The summed E-state index contributed by atoms with van der Waals surface area (Å²) in [7, 11) is 0. The number of para-hydroxylation sites is 1. The second-order valence-corrected chi connectivity index (χ2v) is 6.45. The molecule has 0 radical (unpaired) electrons. The lowest BCUT2D eigenvalue weighted by Crippen LogP contribution is -2.48. The summed E-state index contributed by atoms with van der Waals surface area (Å²) in [6.07, 6.45) is -1.27. The number of carbonyl (C=O) groups excluding carboxylic acids is 1. The Bertz CT molecular complexity index is 612. The first-order valence-corrected chi connectivity index (χ1v) is 8.26. The molecular formula is C17H22ClF3N2O2. The molecule has 2 fully saturated rings. The van der Waals surface area contributed by atoms with E-state index in [1.54, 1.807) is 12.1 Å². The van der Waals surface area contributed by atoms with Crippen molar-refractivity contribution in [1.29, 1.82) is 0 Å². The van der Waals surface area contributed by atoms with Gasteiger partial charge in [0.25, 0.3) is 0 Å². The van der Waals surface area contributed by atoms with Gasteiger partial charge in [-0.15, -0.1) is 25.6 Å². The minimum atomic E-state index is -4.73. The van der Waals surface area contributed by atoms with Crippen molar-refractivity contribution >= 4 is 18.3 Å². The molecule has 2 aliphatic rings. The Kier molecular flexibility index (Phi) is 6.21. The summed E-state index contributed by atoms with van der Waals surface area (Å²) >= 11 is 0. The molecule has 1 saturated heterocycles. The number of nitrogens with two attached hydrogens (primary N) is 1. The fraction of sp³-hybridized carbons (Fsp3) is 0.588. The molecule has 3 rings (SSSR count). The zero-order valence-corrected chi connectivity index (χ0v) is 14.5. The predicted molar refractivity (Wildman–Crippen MR) is 89.6 cm³/mol. The number of ether oxygens (including phenoxy) is 1. The molecule has 2 N–H and O–H groups in total. The average molecular weight is 379 g/mol. The predicted octanol–water partition coefficient (Wildman–Crippen LogP) is 3.45. The maximum atomic E-state index is 12.7. The van der Waals surface area contributed by atoms with Crippen molar-refractivity contribution in [2.75, 3.05) is 13.1 Å².